The van der Waals surface area contributed by atoms with E-state index in [1.807, 2.05) is 12.1 Å². The fourth-order valence-corrected chi connectivity index (χ4v) is 3.87. The number of nitrogens with one attached hydrogen (secondary N) is 2. The van der Waals surface area contributed by atoms with Gasteiger partial charge in [-0.15, -0.1) is 0 Å². The molecule has 1 saturated heterocycles. The van der Waals surface area contributed by atoms with Crippen molar-refractivity contribution in [2.24, 2.45) is 0 Å². The number of nitrogens with zero attached hydrogens (tertiary/aromatic N) is 1. The van der Waals surface area contributed by atoms with E-state index in [1.165, 1.54) is 24.0 Å². The number of aryl methyl sites for hydroxylation is 1. The van der Waals surface area contributed by atoms with E-state index in [0.717, 1.165) is 50.7 Å². The van der Waals surface area contributed by atoms with Crippen LogP contribution in [0.5, 0.6) is 5.75 Å². The molecular formula is C24H33N3O2S. The zero-order valence-corrected chi connectivity index (χ0v) is 18.8. The van der Waals surface area contributed by atoms with Crippen LogP contribution in [0.1, 0.15) is 36.9 Å². The van der Waals surface area contributed by atoms with Crippen LogP contribution in [0.25, 0.3) is 0 Å². The predicted molar refractivity (Wildman–Crippen MR) is 127 cm³/mol. The Morgan fingerprint density at radius 2 is 1.80 bits per heavy atom. The van der Waals surface area contributed by atoms with Crippen LogP contribution in [0.3, 0.4) is 0 Å². The smallest absolute Gasteiger partial charge is 0.170 e. The fraction of sp³-hybridized carbons (Fsp3) is 0.458. The van der Waals surface area contributed by atoms with Crippen molar-refractivity contribution in [3.8, 4) is 5.75 Å². The van der Waals surface area contributed by atoms with Gasteiger partial charge in [-0.25, -0.2) is 0 Å². The summed E-state index contributed by atoms with van der Waals surface area (Å²) in [6.45, 7) is 6.30. The highest BCUT2D eigenvalue weighted by molar-refractivity contribution is 7.80. The Labute approximate surface area is 185 Å². The molecule has 2 N–H and O–H groups in total. The van der Waals surface area contributed by atoms with Crippen molar-refractivity contribution < 1.29 is 9.47 Å². The summed E-state index contributed by atoms with van der Waals surface area (Å²) in [6.07, 6.45) is 3.57. The zero-order chi connectivity index (χ0) is 21.2. The van der Waals surface area contributed by atoms with E-state index in [4.69, 9.17) is 21.7 Å². The second-order valence-corrected chi connectivity index (χ2v) is 7.98. The third kappa shape index (κ3) is 6.69. The molecule has 1 heterocycles. The third-order valence-electron chi connectivity index (χ3n) is 5.47. The number of hydrogen-bond acceptors (Lipinski definition) is 4. The van der Waals surface area contributed by atoms with Gasteiger partial charge in [-0.3, -0.25) is 4.90 Å². The molecule has 0 radical (unpaired) electrons. The lowest BCUT2D eigenvalue weighted by Crippen LogP contribution is -2.44. The molecule has 6 heteroatoms. The van der Waals surface area contributed by atoms with E-state index in [2.05, 4.69) is 58.9 Å². The summed E-state index contributed by atoms with van der Waals surface area (Å²) < 4.78 is 10.8. The van der Waals surface area contributed by atoms with Gasteiger partial charge < -0.3 is 20.1 Å². The highest BCUT2D eigenvalue weighted by Gasteiger charge is 2.23. The summed E-state index contributed by atoms with van der Waals surface area (Å²) in [4.78, 5) is 2.45. The Kier molecular flexibility index (Phi) is 8.93. The van der Waals surface area contributed by atoms with Crippen molar-refractivity contribution in [3.05, 3.63) is 59.7 Å². The highest BCUT2D eigenvalue weighted by atomic mass is 32.1. The van der Waals surface area contributed by atoms with Gasteiger partial charge in [0.1, 0.15) is 5.75 Å². The highest BCUT2D eigenvalue weighted by Crippen LogP contribution is 2.23. The Balaban J connectivity index is 1.59. The van der Waals surface area contributed by atoms with E-state index in [1.54, 1.807) is 7.11 Å². The first-order valence-electron chi connectivity index (χ1n) is 10.8. The van der Waals surface area contributed by atoms with Crippen LogP contribution in [0.4, 0.5) is 5.69 Å². The third-order valence-corrected chi connectivity index (χ3v) is 5.72. The minimum atomic E-state index is 0.218. The SMILES string of the molecule is CCCCc1ccc(NC(=S)NC[C@@H](c2ccc(OC)cc2)N2CCOCC2)cc1. The normalized spacial score (nSPS) is 15.4. The first-order chi connectivity index (χ1) is 14.7. The van der Waals surface area contributed by atoms with Crippen LogP contribution in [0.2, 0.25) is 0 Å². The van der Waals surface area contributed by atoms with Crippen LogP contribution in [-0.2, 0) is 11.2 Å². The molecule has 1 aliphatic heterocycles. The molecule has 162 valence electrons. The number of benzene rings is 2. The number of ether oxygens (including phenoxy) is 2. The van der Waals surface area contributed by atoms with Crippen molar-refractivity contribution in [1.29, 1.82) is 0 Å². The van der Waals surface area contributed by atoms with E-state index < -0.39 is 0 Å². The van der Waals surface area contributed by atoms with E-state index in [9.17, 15) is 0 Å². The molecule has 2 aromatic rings. The number of thiocarbonyl (C=S) groups is 1. The number of hydrogen-bond donors (Lipinski definition) is 2. The lowest BCUT2D eigenvalue weighted by atomic mass is 10.0. The number of methoxy groups -OCH3 is 1. The Morgan fingerprint density at radius 3 is 2.43 bits per heavy atom. The molecule has 1 fully saturated rings. The monoisotopic (exact) mass is 427 g/mol. The Hall–Kier alpha value is -2.15. The van der Waals surface area contributed by atoms with Gasteiger partial charge in [0.25, 0.3) is 0 Å². The van der Waals surface area contributed by atoms with Gasteiger partial charge in [0.2, 0.25) is 0 Å². The molecule has 30 heavy (non-hydrogen) atoms. The Morgan fingerprint density at radius 1 is 1.10 bits per heavy atom. The number of morpholine rings is 1. The predicted octanol–water partition coefficient (Wildman–Crippen LogP) is 4.40. The van der Waals surface area contributed by atoms with Crippen molar-refractivity contribution in [2.75, 3.05) is 45.3 Å². The molecule has 0 spiro atoms. The summed E-state index contributed by atoms with van der Waals surface area (Å²) in [5.74, 6) is 0.868. The molecule has 0 aliphatic carbocycles. The molecule has 1 aliphatic rings. The van der Waals surface area contributed by atoms with Gasteiger partial charge >= 0.3 is 0 Å². The number of rotatable bonds is 9. The first kappa shape index (κ1) is 22.5. The van der Waals surface area contributed by atoms with Crippen LogP contribution in [-0.4, -0.2) is 50.0 Å². The molecule has 0 aromatic heterocycles. The fourth-order valence-electron chi connectivity index (χ4n) is 3.67. The topological polar surface area (TPSA) is 45.8 Å². The second-order valence-electron chi connectivity index (χ2n) is 7.57. The van der Waals surface area contributed by atoms with Crippen LogP contribution in [0, 0.1) is 0 Å². The molecule has 5 nitrogen and oxygen atoms in total. The van der Waals surface area contributed by atoms with Crippen molar-refractivity contribution in [3.63, 3.8) is 0 Å². The van der Waals surface area contributed by atoms with Gasteiger partial charge in [-0.2, -0.15) is 0 Å². The van der Waals surface area contributed by atoms with Crippen LogP contribution in [0.15, 0.2) is 48.5 Å². The van der Waals surface area contributed by atoms with Gasteiger partial charge in [0, 0.05) is 25.3 Å². The molecule has 0 unspecified atom stereocenters. The van der Waals surface area contributed by atoms with E-state index in [-0.39, 0.29) is 6.04 Å². The zero-order valence-electron chi connectivity index (χ0n) is 18.0. The lowest BCUT2D eigenvalue weighted by Gasteiger charge is -2.35. The maximum Gasteiger partial charge on any atom is 0.170 e. The van der Waals surface area contributed by atoms with Gasteiger partial charge in [-0.05, 0) is 60.5 Å². The molecule has 0 saturated carbocycles. The second kappa shape index (κ2) is 11.9. The average molecular weight is 428 g/mol. The lowest BCUT2D eigenvalue weighted by molar-refractivity contribution is 0.0170. The summed E-state index contributed by atoms with van der Waals surface area (Å²) in [7, 11) is 1.69. The number of anilines is 1. The van der Waals surface area contributed by atoms with Crippen molar-refractivity contribution in [1.82, 2.24) is 10.2 Å². The molecule has 2 aromatic carbocycles. The quantitative estimate of drug-likeness (QED) is 0.579. The minimum absolute atomic E-state index is 0.218. The summed E-state index contributed by atoms with van der Waals surface area (Å²) >= 11 is 5.56. The van der Waals surface area contributed by atoms with Crippen molar-refractivity contribution in [2.45, 2.75) is 32.2 Å². The summed E-state index contributed by atoms with van der Waals surface area (Å²) in [6, 6.07) is 17.1. The molecular weight excluding hydrogens is 394 g/mol. The summed E-state index contributed by atoms with van der Waals surface area (Å²) in [5.41, 5.74) is 3.63. The van der Waals surface area contributed by atoms with Gasteiger partial charge in [0.15, 0.2) is 5.11 Å². The van der Waals surface area contributed by atoms with Gasteiger partial charge in [0.05, 0.1) is 26.4 Å². The van der Waals surface area contributed by atoms with E-state index in [0.29, 0.717) is 5.11 Å². The maximum atomic E-state index is 5.56. The molecule has 0 amide bonds. The minimum Gasteiger partial charge on any atom is -0.497 e. The summed E-state index contributed by atoms with van der Waals surface area (Å²) in [5, 5.41) is 7.36. The standard InChI is InChI=1S/C24H33N3O2S/c1-3-4-5-19-6-10-21(11-7-19)26-24(30)25-18-23(27-14-16-29-17-15-27)20-8-12-22(28-2)13-9-20/h6-13,23H,3-5,14-18H2,1-2H3,(H2,25,26,30)/t23-/m0/s1. The molecule has 1 atom stereocenters. The average Bonchev–Trinajstić information content (AvgIpc) is 2.80. The van der Waals surface area contributed by atoms with Crippen molar-refractivity contribution >= 4 is 23.0 Å². The maximum absolute atomic E-state index is 5.56. The number of unbranched alkanes of at least 4 members (excludes halogenated alkanes) is 1. The van der Waals surface area contributed by atoms with Crippen LogP contribution < -0.4 is 15.4 Å². The largest absolute Gasteiger partial charge is 0.497 e. The molecule has 0 bridgehead atoms. The van der Waals surface area contributed by atoms with E-state index >= 15 is 0 Å². The Bertz CT molecular complexity index is 774. The first-order valence-corrected chi connectivity index (χ1v) is 11.2. The van der Waals surface area contributed by atoms with Crippen LogP contribution >= 0.6 is 12.2 Å². The molecule has 3 rings (SSSR count). The van der Waals surface area contributed by atoms with Gasteiger partial charge in [-0.1, -0.05) is 37.6 Å².